The third-order valence-electron chi connectivity index (χ3n) is 3.85. The molecule has 0 aliphatic heterocycles. The number of rotatable bonds is 4. The molecule has 0 spiro atoms. The molecule has 126 valence electrons. The van der Waals surface area contributed by atoms with Gasteiger partial charge in [-0.3, -0.25) is 9.59 Å². The second-order valence-electron chi connectivity index (χ2n) is 7.34. The van der Waals surface area contributed by atoms with Crippen molar-refractivity contribution in [1.82, 2.24) is 5.32 Å². The Morgan fingerprint density at radius 3 is 2.13 bits per heavy atom. The van der Waals surface area contributed by atoms with Crippen LogP contribution in [-0.4, -0.2) is 21.7 Å². The Balaban J connectivity index is 1.93. The highest BCUT2D eigenvalue weighted by molar-refractivity contribution is 6.53. The van der Waals surface area contributed by atoms with E-state index < -0.39 is 9.75 Å². The van der Waals surface area contributed by atoms with Crippen molar-refractivity contribution in [3.8, 4) is 0 Å². The average molecular weight is 357 g/mol. The summed E-state index contributed by atoms with van der Waals surface area (Å²) in [6.07, 6.45) is 0.746. The fraction of sp³-hybridized carbons (Fsp3) is 0.529. The van der Waals surface area contributed by atoms with Gasteiger partial charge in [0.05, 0.1) is 11.8 Å². The van der Waals surface area contributed by atoms with Crippen molar-refractivity contribution in [2.75, 3.05) is 5.32 Å². The Hall–Kier alpha value is -1.26. The van der Waals surface area contributed by atoms with E-state index in [0.717, 1.165) is 5.56 Å². The van der Waals surface area contributed by atoms with Crippen LogP contribution in [0.1, 0.15) is 39.7 Å². The lowest BCUT2D eigenvalue weighted by atomic mass is 10.1. The third-order valence-corrected chi connectivity index (χ3v) is 4.95. The van der Waals surface area contributed by atoms with Gasteiger partial charge in [-0.25, -0.2) is 0 Å². The minimum atomic E-state index is -0.984. The van der Waals surface area contributed by atoms with E-state index in [9.17, 15) is 9.59 Å². The van der Waals surface area contributed by atoms with Gasteiger partial charge >= 0.3 is 0 Å². The smallest absolute Gasteiger partial charge is 0.233 e. The Kier molecular flexibility index (Phi) is 4.71. The van der Waals surface area contributed by atoms with Crippen molar-refractivity contribution in [1.29, 1.82) is 0 Å². The fourth-order valence-corrected chi connectivity index (χ4v) is 2.98. The monoisotopic (exact) mass is 356 g/mol. The Morgan fingerprint density at radius 1 is 1.17 bits per heavy atom. The van der Waals surface area contributed by atoms with Crippen LogP contribution in [0.2, 0.25) is 0 Å². The number of hydrogen-bond acceptors (Lipinski definition) is 2. The Labute approximate surface area is 146 Å². The number of alkyl halides is 2. The summed E-state index contributed by atoms with van der Waals surface area (Å²) in [5, 5.41) is 5.72. The zero-order chi connectivity index (χ0) is 17.5. The summed E-state index contributed by atoms with van der Waals surface area (Å²) < 4.78 is -0.984. The summed E-state index contributed by atoms with van der Waals surface area (Å²) in [6.45, 7) is 7.56. The van der Waals surface area contributed by atoms with Gasteiger partial charge in [0.2, 0.25) is 11.8 Å². The van der Waals surface area contributed by atoms with Crippen LogP contribution in [-0.2, 0) is 16.0 Å². The van der Waals surface area contributed by atoms with Gasteiger partial charge in [-0.05, 0) is 51.8 Å². The van der Waals surface area contributed by atoms with Crippen LogP contribution in [0.5, 0.6) is 0 Å². The van der Waals surface area contributed by atoms with Crippen LogP contribution in [0.15, 0.2) is 24.3 Å². The summed E-state index contributed by atoms with van der Waals surface area (Å²) in [6, 6.07) is 7.18. The van der Waals surface area contributed by atoms with Gasteiger partial charge in [-0.15, -0.1) is 23.2 Å². The van der Waals surface area contributed by atoms with E-state index >= 15 is 0 Å². The number of carbonyl (C=O) groups excluding carboxylic acids is 2. The molecule has 1 saturated carbocycles. The second-order valence-corrected chi connectivity index (χ2v) is 8.82. The zero-order valence-corrected chi connectivity index (χ0v) is 15.3. The number of hydrogen-bond donors (Lipinski definition) is 2. The highest BCUT2D eigenvalue weighted by atomic mass is 35.5. The largest absolute Gasteiger partial charge is 0.351 e. The average Bonchev–Trinajstić information content (AvgIpc) is 2.90. The number of amides is 2. The van der Waals surface area contributed by atoms with Crippen molar-refractivity contribution in [3.05, 3.63) is 29.8 Å². The molecule has 1 aliphatic carbocycles. The number of nitrogens with one attached hydrogen (secondary N) is 2. The van der Waals surface area contributed by atoms with Crippen LogP contribution in [0.3, 0.4) is 0 Å². The molecule has 0 aromatic heterocycles. The minimum absolute atomic E-state index is 0.0335. The lowest BCUT2D eigenvalue weighted by molar-refractivity contribution is -0.122. The minimum Gasteiger partial charge on any atom is -0.351 e. The van der Waals surface area contributed by atoms with E-state index in [1.54, 1.807) is 19.1 Å². The van der Waals surface area contributed by atoms with Gasteiger partial charge in [0.15, 0.2) is 0 Å². The first-order chi connectivity index (χ1) is 10.4. The SMILES string of the molecule is CC(C)(C)NC(=O)Cc1ccc(NC(=O)[C@@]2(C)CC2(Cl)Cl)cc1. The molecule has 0 unspecified atom stereocenters. The predicted molar refractivity (Wildman–Crippen MR) is 93.8 cm³/mol. The number of halogens is 2. The highest BCUT2D eigenvalue weighted by Gasteiger charge is 2.67. The molecular weight excluding hydrogens is 335 g/mol. The maximum atomic E-state index is 12.2. The van der Waals surface area contributed by atoms with Gasteiger partial charge in [-0.2, -0.15) is 0 Å². The quantitative estimate of drug-likeness (QED) is 0.808. The predicted octanol–water partition coefficient (Wildman–Crippen LogP) is 3.67. The number of carbonyl (C=O) groups is 2. The first kappa shape index (κ1) is 18.1. The molecule has 0 bridgehead atoms. The van der Waals surface area contributed by atoms with E-state index in [0.29, 0.717) is 18.5 Å². The van der Waals surface area contributed by atoms with Crippen molar-refractivity contribution in [2.45, 2.75) is 50.4 Å². The third kappa shape index (κ3) is 4.39. The van der Waals surface area contributed by atoms with Gasteiger partial charge in [0.1, 0.15) is 4.33 Å². The molecule has 0 heterocycles. The number of benzene rings is 1. The van der Waals surface area contributed by atoms with E-state index in [4.69, 9.17) is 23.2 Å². The standard InChI is InChI=1S/C17H22Cl2N2O2/c1-15(2,3)21-13(22)9-11-5-7-12(8-6-11)20-14(23)16(4)10-17(16,18)19/h5-8H,9-10H2,1-4H3,(H,20,23)(H,21,22)/t16-/m1/s1. The summed E-state index contributed by atoms with van der Waals surface area (Å²) in [5.41, 5.74) is 0.542. The molecule has 0 radical (unpaired) electrons. The lowest BCUT2D eigenvalue weighted by Gasteiger charge is -2.20. The topological polar surface area (TPSA) is 58.2 Å². The van der Waals surface area contributed by atoms with Crippen molar-refractivity contribution < 1.29 is 9.59 Å². The first-order valence-corrected chi connectivity index (χ1v) is 8.28. The van der Waals surface area contributed by atoms with Crippen molar-refractivity contribution in [3.63, 3.8) is 0 Å². The molecule has 6 heteroatoms. The molecule has 2 N–H and O–H groups in total. The molecule has 2 amide bonds. The van der Waals surface area contributed by atoms with E-state index in [2.05, 4.69) is 10.6 Å². The fourth-order valence-electron chi connectivity index (χ4n) is 2.27. The summed E-state index contributed by atoms with van der Waals surface area (Å²) >= 11 is 12.0. The molecule has 1 fully saturated rings. The Morgan fingerprint density at radius 2 is 1.70 bits per heavy atom. The zero-order valence-electron chi connectivity index (χ0n) is 13.8. The molecule has 0 saturated heterocycles. The maximum Gasteiger partial charge on any atom is 0.233 e. The molecule has 1 aromatic rings. The highest BCUT2D eigenvalue weighted by Crippen LogP contribution is 2.64. The molecule has 2 rings (SSSR count). The van der Waals surface area contributed by atoms with Gasteiger partial charge in [-0.1, -0.05) is 12.1 Å². The molecule has 1 atom stereocenters. The molecule has 4 nitrogen and oxygen atoms in total. The van der Waals surface area contributed by atoms with E-state index in [1.165, 1.54) is 0 Å². The summed E-state index contributed by atoms with van der Waals surface area (Å²) in [4.78, 5) is 24.1. The van der Waals surface area contributed by atoms with Crippen molar-refractivity contribution >= 4 is 40.7 Å². The second kappa shape index (κ2) is 5.99. The van der Waals surface area contributed by atoms with Crippen LogP contribution < -0.4 is 10.6 Å². The van der Waals surface area contributed by atoms with E-state index in [1.807, 2.05) is 32.9 Å². The molecular formula is C17H22Cl2N2O2. The normalized spacial score (nSPS) is 22.3. The molecule has 1 aliphatic rings. The van der Waals surface area contributed by atoms with Gasteiger partial charge in [0.25, 0.3) is 0 Å². The van der Waals surface area contributed by atoms with Gasteiger partial charge < -0.3 is 10.6 Å². The Bertz CT molecular complexity index is 620. The summed E-state index contributed by atoms with van der Waals surface area (Å²) in [5.74, 6) is -0.227. The summed E-state index contributed by atoms with van der Waals surface area (Å²) in [7, 11) is 0. The van der Waals surface area contributed by atoms with Crippen LogP contribution in [0, 0.1) is 5.41 Å². The van der Waals surface area contributed by atoms with Crippen LogP contribution >= 0.6 is 23.2 Å². The van der Waals surface area contributed by atoms with Crippen molar-refractivity contribution in [2.24, 2.45) is 5.41 Å². The van der Waals surface area contributed by atoms with Crippen LogP contribution in [0.4, 0.5) is 5.69 Å². The van der Waals surface area contributed by atoms with E-state index in [-0.39, 0.29) is 17.4 Å². The van der Waals surface area contributed by atoms with Gasteiger partial charge in [0, 0.05) is 11.2 Å². The van der Waals surface area contributed by atoms with Crippen LogP contribution in [0.25, 0.3) is 0 Å². The number of anilines is 1. The molecule has 23 heavy (non-hydrogen) atoms. The maximum absolute atomic E-state index is 12.2. The first-order valence-electron chi connectivity index (χ1n) is 7.52. The lowest BCUT2D eigenvalue weighted by Crippen LogP contribution is -2.41. The molecule has 1 aromatic carbocycles.